The number of nitrogens with one attached hydrogen (secondary N) is 1. The number of rotatable bonds is 4. The van der Waals surface area contributed by atoms with Crippen LogP contribution in [0.15, 0.2) is 46.9 Å². The fourth-order valence-electron chi connectivity index (χ4n) is 1.64. The Kier molecular flexibility index (Phi) is 4.11. The summed E-state index contributed by atoms with van der Waals surface area (Å²) in [5.74, 6) is -0.627. The van der Waals surface area contributed by atoms with Gasteiger partial charge in [0.05, 0.1) is 11.0 Å². The van der Waals surface area contributed by atoms with Crippen LogP contribution in [-0.4, -0.2) is 4.92 Å². The van der Waals surface area contributed by atoms with Gasteiger partial charge >= 0.3 is 0 Å². The molecule has 0 heterocycles. The molecule has 0 radical (unpaired) electrons. The summed E-state index contributed by atoms with van der Waals surface area (Å²) >= 11 is 3.40. The second-order valence-electron chi connectivity index (χ2n) is 3.86. The molecule has 0 atom stereocenters. The van der Waals surface area contributed by atoms with E-state index in [2.05, 4.69) is 21.2 Å². The number of halogens is 2. The van der Waals surface area contributed by atoms with Gasteiger partial charge in [-0.2, -0.15) is 0 Å². The number of benzene rings is 2. The van der Waals surface area contributed by atoms with Crippen molar-refractivity contribution in [2.45, 2.75) is 6.54 Å². The van der Waals surface area contributed by atoms with E-state index in [1.165, 1.54) is 12.1 Å². The van der Waals surface area contributed by atoms with E-state index in [9.17, 15) is 14.5 Å². The van der Waals surface area contributed by atoms with Crippen molar-refractivity contribution in [2.24, 2.45) is 0 Å². The molecule has 0 saturated heterocycles. The van der Waals surface area contributed by atoms with Gasteiger partial charge in [-0.25, -0.2) is 4.39 Å². The molecular formula is C13H10BrFN2O2. The third-order valence-electron chi connectivity index (χ3n) is 2.58. The first-order chi connectivity index (χ1) is 9.08. The number of anilines is 1. The molecule has 0 aromatic heterocycles. The van der Waals surface area contributed by atoms with Gasteiger partial charge in [0.15, 0.2) is 0 Å². The van der Waals surface area contributed by atoms with Gasteiger partial charge < -0.3 is 5.32 Å². The highest BCUT2D eigenvalue weighted by Crippen LogP contribution is 2.26. The zero-order valence-corrected chi connectivity index (χ0v) is 11.4. The molecule has 2 aromatic carbocycles. The van der Waals surface area contributed by atoms with Crippen LogP contribution in [-0.2, 0) is 6.54 Å². The summed E-state index contributed by atoms with van der Waals surface area (Å²) in [6.07, 6.45) is 0. The summed E-state index contributed by atoms with van der Waals surface area (Å²) in [5, 5.41) is 13.8. The zero-order chi connectivity index (χ0) is 13.8. The standard InChI is InChI=1S/C13H10BrFN2O2/c14-11-4-2-1-3-9(11)8-16-12-6-5-10(15)7-13(12)17(18)19/h1-7,16H,8H2. The first-order valence-corrected chi connectivity index (χ1v) is 6.28. The van der Waals surface area contributed by atoms with E-state index in [0.717, 1.165) is 16.1 Å². The molecular weight excluding hydrogens is 315 g/mol. The van der Waals surface area contributed by atoms with Crippen LogP contribution in [0.3, 0.4) is 0 Å². The van der Waals surface area contributed by atoms with Crippen molar-refractivity contribution in [2.75, 3.05) is 5.32 Å². The highest BCUT2D eigenvalue weighted by molar-refractivity contribution is 9.10. The molecule has 0 aliphatic carbocycles. The minimum absolute atomic E-state index is 0.271. The highest BCUT2D eigenvalue weighted by Gasteiger charge is 2.14. The van der Waals surface area contributed by atoms with Crippen LogP contribution in [0.5, 0.6) is 0 Å². The van der Waals surface area contributed by atoms with Crippen LogP contribution < -0.4 is 5.32 Å². The first kappa shape index (κ1) is 13.5. The molecule has 19 heavy (non-hydrogen) atoms. The van der Waals surface area contributed by atoms with Crippen LogP contribution in [0.1, 0.15) is 5.56 Å². The van der Waals surface area contributed by atoms with Crippen molar-refractivity contribution in [3.63, 3.8) is 0 Å². The summed E-state index contributed by atoms with van der Waals surface area (Å²) in [7, 11) is 0. The highest BCUT2D eigenvalue weighted by atomic mass is 79.9. The molecule has 0 unspecified atom stereocenters. The lowest BCUT2D eigenvalue weighted by atomic mass is 10.2. The van der Waals surface area contributed by atoms with E-state index in [1.807, 2.05) is 24.3 Å². The van der Waals surface area contributed by atoms with E-state index in [4.69, 9.17) is 0 Å². The minimum Gasteiger partial charge on any atom is -0.375 e. The lowest BCUT2D eigenvalue weighted by molar-refractivity contribution is -0.384. The Bertz CT molecular complexity index is 619. The van der Waals surface area contributed by atoms with Gasteiger partial charge in [0.2, 0.25) is 0 Å². The third-order valence-corrected chi connectivity index (χ3v) is 3.36. The quantitative estimate of drug-likeness (QED) is 0.680. The fraction of sp³-hybridized carbons (Fsp3) is 0.0769. The van der Waals surface area contributed by atoms with Crippen molar-refractivity contribution in [1.29, 1.82) is 0 Å². The first-order valence-electron chi connectivity index (χ1n) is 5.49. The topological polar surface area (TPSA) is 55.2 Å². The van der Waals surface area contributed by atoms with Crippen LogP contribution in [0.2, 0.25) is 0 Å². The maximum atomic E-state index is 13.0. The lowest BCUT2D eigenvalue weighted by Gasteiger charge is -2.08. The molecule has 2 aromatic rings. The molecule has 98 valence electrons. The number of hydrogen-bond donors (Lipinski definition) is 1. The monoisotopic (exact) mass is 324 g/mol. The predicted octanol–water partition coefficient (Wildman–Crippen LogP) is 4.11. The Morgan fingerprint density at radius 3 is 2.68 bits per heavy atom. The molecule has 0 aliphatic heterocycles. The second kappa shape index (κ2) is 5.79. The van der Waals surface area contributed by atoms with Gasteiger partial charge in [-0.3, -0.25) is 10.1 Å². The summed E-state index contributed by atoms with van der Waals surface area (Å²) in [6, 6.07) is 11.0. The van der Waals surface area contributed by atoms with E-state index >= 15 is 0 Å². The second-order valence-corrected chi connectivity index (χ2v) is 4.72. The molecule has 0 amide bonds. The van der Waals surface area contributed by atoms with Crippen LogP contribution in [0, 0.1) is 15.9 Å². The van der Waals surface area contributed by atoms with Gasteiger partial charge in [-0.1, -0.05) is 34.1 Å². The van der Waals surface area contributed by atoms with Gasteiger partial charge in [0, 0.05) is 11.0 Å². The minimum atomic E-state index is -0.627. The summed E-state index contributed by atoms with van der Waals surface area (Å²) in [5.41, 5.74) is 0.982. The molecule has 6 heteroatoms. The maximum Gasteiger partial charge on any atom is 0.295 e. The maximum absolute atomic E-state index is 13.0. The number of hydrogen-bond acceptors (Lipinski definition) is 3. The average molecular weight is 325 g/mol. The molecule has 0 bridgehead atoms. The summed E-state index contributed by atoms with van der Waals surface area (Å²) < 4.78 is 13.9. The molecule has 4 nitrogen and oxygen atoms in total. The smallest absolute Gasteiger partial charge is 0.295 e. The van der Waals surface area contributed by atoms with Gasteiger partial charge in [0.25, 0.3) is 5.69 Å². The van der Waals surface area contributed by atoms with Gasteiger partial charge in [-0.05, 0) is 23.8 Å². The average Bonchev–Trinajstić information content (AvgIpc) is 2.38. The predicted molar refractivity (Wildman–Crippen MR) is 74.5 cm³/mol. The van der Waals surface area contributed by atoms with Crippen molar-refractivity contribution in [3.05, 3.63) is 68.4 Å². The van der Waals surface area contributed by atoms with Crippen LogP contribution in [0.4, 0.5) is 15.8 Å². The van der Waals surface area contributed by atoms with Crippen molar-refractivity contribution < 1.29 is 9.31 Å². The molecule has 0 aliphatic rings. The molecule has 2 rings (SSSR count). The third kappa shape index (κ3) is 3.29. The largest absolute Gasteiger partial charge is 0.375 e. The van der Waals surface area contributed by atoms with Crippen molar-refractivity contribution in [1.82, 2.24) is 0 Å². The number of nitrogens with zero attached hydrogens (tertiary/aromatic N) is 1. The van der Waals surface area contributed by atoms with E-state index in [-0.39, 0.29) is 5.69 Å². The Hall–Kier alpha value is -1.95. The van der Waals surface area contributed by atoms with E-state index in [1.54, 1.807) is 0 Å². The molecule has 0 saturated carbocycles. The van der Waals surface area contributed by atoms with E-state index in [0.29, 0.717) is 12.2 Å². The fourth-order valence-corrected chi connectivity index (χ4v) is 2.06. The summed E-state index contributed by atoms with van der Waals surface area (Å²) in [6.45, 7) is 0.411. The Morgan fingerprint density at radius 2 is 2.00 bits per heavy atom. The Balaban J connectivity index is 2.20. The summed E-state index contributed by atoms with van der Waals surface area (Å²) in [4.78, 5) is 10.2. The van der Waals surface area contributed by atoms with Crippen molar-refractivity contribution in [3.8, 4) is 0 Å². The Labute approximate surface area is 117 Å². The number of nitro groups is 1. The zero-order valence-electron chi connectivity index (χ0n) is 9.77. The van der Waals surface area contributed by atoms with Crippen molar-refractivity contribution >= 4 is 27.3 Å². The van der Waals surface area contributed by atoms with Crippen LogP contribution in [0.25, 0.3) is 0 Å². The normalized spacial score (nSPS) is 10.2. The molecule has 1 N–H and O–H groups in total. The molecule has 0 fully saturated rings. The van der Waals surface area contributed by atoms with Gasteiger partial charge in [-0.15, -0.1) is 0 Å². The lowest BCUT2D eigenvalue weighted by Crippen LogP contribution is -2.03. The molecule has 0 spiro atoms. The van der Waals surface area contributed by atoms with E-state index < -0.39 is 10.7 Å². The SMILES string of the molecule is O=[N+]([O-])c1cc(F)ccc1NCc1ccccc1Br. The van der Waals surface area contributed by atoms with Gasteiger partial charge in [0.1, 0.15) is 11.5 Å². The Morgan fingerprint density at radius 1 is 1.26 bits per heavy atom. The van der Waals surface area contributed by atoms with Crippen LogP contribution >= 0.6 is 15.9 Å². The number of nitro benzene ring substituents is 1.